The van der Waals surface area contributed by atoms with Crippen LogP contribution in [-0.4, -0.2) is 49.0 Å². The number of allylic oxidation sites excluding steroid dienone is 1. The molecule has 0 aromatic carbocycles. The Balaban J connectivity index is 1.33. The first-order chi connectivity index (χ1) is 13.9. The van der Waals surface area contributed by atoms with Crippen molar-refractivity contribution in [3.8, 4) is 0 Å². The van der Waals surface area contributed by atoms with E-state index in [1.807, 2.05) is 0 Å². The lowest BCUT2D eigenvalue weighted by atomic mass is 9.47. The highest BCUT2D eigenvalue weighted by atomic mass is 16.5. The van der Waals surface area contributed by atoms with Crippen LogP contribution >= 0.6 is 0 Å². The predicted octanol–water partition coefficient (Wildman–Crippen LogP) is 4.89. The lowest BCUT2D eigenvalue weighted by Gasteiger charge is -2.58. The number of aliphatic hydroxyl groups is 1. The van der Waals surface area contributed by atoms with Gasteiger partial charge in [0, 0.05) is 19.6 Å². The zero-order valence-corrected chi connectivity index (χ0v) is 19.0. The summed E-state index contributed by atoms with van der Waals surface area (Å²) in [6, 6.07) is 0. The monoisotopic (exact) mass is 401 g/mol. The summed E-state index contributed by atoms with van der Waals surface area (Å²) in [6.07, 6.45) is 12.7. The van der Waals surface area contributed by atoms with Crippen molar-refractivity contribution in [3.05, 3.63) is 11.6 Å². The molecule has 164 valence electrons. The number of aliphatic hydroxyl groups excluding tert-OH is 1. The van der Waals surface area contributed by atoms with Crippen LogP contribution in [0.3, 0.4) is 0 Å². The molecule has 0 spiro atoms. The number of ether oxygens (including phenoxy) is 1. The molecule has 1 N–H and O–H groups in total. The van der Waals surface area contributed by atoms with Gasteiger partial charge in [0.1, 0.15) is 0 Å². The Labute approximate surface area is 178 Å². The third-order valence-corrected chi connectivity index (χ3v) is 10.5. The first-order valence-corrected chi connectivity index (χ1v) is 12.6. The Hall–Kier alpha value is -0.380. The summed E-state index contributed by atoms with van der Waals surface area (Å²) in [6.45, 7) is 13.1. The molecule has 4 aliphatic carbocycles. The summed E-state index contributed by atoms with van der Waals surface area (Å²) in [7, 11) is 0. The van der Waals surface area contributed by atoms with E-state index < -0.39 is 0 Å². The fourth-order valence-corrected chi connectivity index (χ4v) is 8.94. The summed E-state index contributed by atoms with van der Waals surface area (Å²) in [4.78, 5) is 2.65. The average Bonchev–Trinajstić information content (AvgIpc) is 3.06. The fourth-order valence-electron chi connectivity index (χ4n) is 8.94. The quantitative estimate of drug-likeness (QED) is 0.683. The van der Waals surface area contributed by atoms with Crippen LogP contribution in [0.1, 0.15) is 72.1 Å². The number of hydrogen-bond donors (Lipinski definition) is 1. The largest absolute Gasteiger partial charge is 0.393 e. The van der Waals surface area contributed by atoms with Gasteiger partial charge >= 0.3 is 0 Å². The number of hydrogen-bond acceptors (Lipinski definition) is 3. The highest BCUT2D eigenvalue weighted by Crippen LogP contribution is 2.67. The predicted molar refractivity (Wildman–Crippen MR) is 118 cm³/mol. The van der Waals surface area contributed by atoms with Gasteiger partial charge in [0.05, 0.1) is 19.3 Å². The molecule has 0 radical (unpaired) electrons. The molecule has 1 aliphatic heterocycles. The normalized spacial score (nSPS) is 49.0. The van der Waals surface area contributed by atoms with Crippen molar-refractivity contribution < 1.29 is 9.84 Å². The van der Waals surface area contributed by atoms with Gasteiger partial charge in [-0.05, 0) is 91.8 Å². The maximum atomic E-state index is 10.2. The molecule has 0 unspecified atom stereocenters. The van der Waals surface area contributed by atoms with Gasteiger partial charge in [0.25, 0.3) is 0 Å². The van der Waals surface area contributed by atoms with E-state index in [0.29, 0.717) is 10.8 Å². The average molecular weight is 402 g/mol. The highest BCUT2D eigenvalue weighted by molar-refractivity contribution is 5.25. The van der Waals surface area contributed by atoms with Gasteiger partial charge in [-0.1, -0.05) is 32.4 Å². The zero-order valence-electron chi connectivity index (χ0n) is 19.0. The first kappa shape index (κ1) is 20.5. The van der Waals surface area contributed by atoms with Crippen molar-refractivity contribution in [1.29, 1.82) is 0 Å². The Bertz CT molecular complexity index is 641. The number of rotatable bonds is 3. The maximum Gasteiger partial charge on any atom is 0.0594 e. The molecule has 3 saturated carbocycles. The fraction of sp³-hybridized carbons (Fsp3) is 0.923. The standard InChI is InChI=1S/C26H43NO2/c1-18(17-27-12-14-29-15-13-27)22-6-7-23-21-5-4-19-16-20(28)8-10-25(19,2)24(21)9-11-26(22,23)3/h4,18,20-24,28H,5-17H2,1-3H3/t18-,20+,21+,22-,23+,24+,25+,26-/m1/s1. The molecule has 5 aliphatic rings. The van der Waals surface area contributed by atoms with E-state index >= 15 is 0 Å². The molecule has 1 saturated heterocycles. The lowest BCUT2D eigenvalue weighted by Crippen LogP contribution is -2.51. The minimum absolute atomic E-state index is 0.0865. The van der Waals surface area contributed by atoms with Crippen LogP contribution in [0, 0.1) is 40.4 Å². The second-order valence-electron chi connectivity index (χ2n) is 11.8. The van der Waals surface area contributed by atoms with Crippen LogP contribution in [0.25, 0.3) is 0 Å². The minimum Gasteiger partial charge on any atom is -0.393 e. The van der Waals surface area contributed by atoms with Gasteiger partial charge in [0.2, 0.25) is 0 Å². The van der Waals surface area contributed by atoms with Crippen molar-refractivity contribution >= 4 is 0 Å². The molecule has 0 aromatic heterocycles. The number of fused-ring (bicyclic) bond motifs is 5. The second kappa shape index (κ2) is 7.64. The Kier molecular flexibility index (Phi) is 5.40. The Morgan fingerprint density at radius 1 is 1.10 bits per heavy atom. The van der Waals surface area contributed by atoms with Crippen LogP contribution in [0.15, 0.2) is 11.6 Å². The van der Waals surface area contributed by atoms with Crippen molar-refractivity contribution in [2.45, 2.75) is 78.2 Å². The maximum absolute atomic E-state index is 10.2. The Morgan fingerprint density at radius 2 is 1.90 bits per heavy atom. The highest BCUT2D eigenvalue weighted by Gasteiger charge is 2.59. The summed E-state index contributed by atoms with van der Waals surface area (Å²) in [5.41, 5.74) is 2.53. The van der Waals surface area contributed by atoms with E-state index in [1.54, 1.807) is 5.57 Å². The van der Waals surface area contributed by atoms with E-state index in [2.05, 4.69) is 31.7 Å². The summed E-state index contributed by atoms with van der Waals surface area (Å²) in [5.74, 6) is 4.36. The lowest BCUT2D eigenvalue weighted by molar-refractivity contribution is -0.0604. The molecule has 0 amide bonds. The SMILES string of the molecule is C[C@H](CN1CCOCC1)[C@H]1CC[C@H]2[C@@H]3CC=C4C[C@@H](O)CC[C@]4(C)[C@H]3CC[C@]12C. The molecule has 8 atom stereocenters. The van der Waals surface area contributed by atoms with Crippen molar-refractivity contribution in [1.82, 2.24) is 4.90 Å². The van der Waals surface area contributed by atoms with Crippen LogP contribution in [0.2, 0.25) is 0 Å². The Morgan fingerprint density at radius 3 is 2.69 bits per heavy atom. The summed E-state index contributed by atoms with van der Waals surface area (Å²) < 4.78 is 5.57. The van der Waals surface area contributed by atoms with E-state index in [9.17, 15) is 5.11 Å². The molecule has 3 heteroatoms. The van der Waals surface area contributed by atoms with Crippen LogP contribution in [-0.2, 0) is 4.74 Å². The van der Waals surface area contributed by atoms with E-state index in [-0.39, 0.29) is 6.10 Å². The van der Waals surface area contributed by atoms with Crippen LogP contribution in [0.5, 0.6) is 0 Å². The minimum atomic E-state index is -0.0865. The molecular weight excluding hydrogens is 358 g/mol. The van der Waals surface area contributed by atoms with Gasteiger partial charge < -0.3 is 9.84 Å². The molecule has 0 bridgehead atoms. The smallest absolute Gasteiger partial charge is 0.0594 e. The van der Waals surface area contributed by atoms with Crippen molar-refractivity contribution in [3.63, 3.8) is 0 Å². The van der Waals surface area contributed by atoms with E-state index in [4.69, 9.17) is 4.74 Å². The molecular formula is C26H43NO2. The van der Waals surface area contributed by atoms with Crippen molar-refractivity contribution in [2.24, 2.45) is 40.4 Å². The molecule has 29 heavy (non-hydrogen) atoms. The summed E-state index contributed by atoms with van der Waals surface area (Å²) >= 11 is 0. The van der Waals surface area contributed by atoms with Crippen molar-refractivity contribution in [2.75, 3.05) is 32.8 Å². The molecule has 4 fully saturated rings. The number of morpholine rings is 1. The van der Waals surface area contributed by atoms with Gasteiger partial charge in [-0.15, -0.1) is 0 Å². The topological polar surface area (TPSA) is 32.7 Å². The van der Waals surface area contributed by atoms with E-state index in [0.717, 1.165) is 68.7 Å². The zero-order chi connectivity index (χ0) is 20.2. The molecule has 1 heterocycles. The summed E-state index contributed by atoms with van der Waals surface area (Å²) in [5, 5.41) is 10.2. The first-order valence-electron chi connectivity index (χ1n) is 12.6. The van der Waals surface area contributed by atoms with Gasteiger partial charge in [-0.3, -0.25) is 4.90 Å². The second-order valence-corrected chi connectivity index (χ2v) is 11.8. The molecule has 3 nitrogen and oxygen atoms in total. The molecule has 5 rings (SSSR count). The molecule has 0 aromatic rings. The van der Waals surface area contributed by atoms with Gasteiger partial charge in [0.15, 0.2) is 0 Å². The third-order valence-electron chi connectivity index (χ3n) is 10.5. The van der Waals surface area contributed by atoms with E-state index in [1.165, 1.54) is 45.1 Å². The number of nitrogens with zero attached hydrogens (tertiary/aromatic N) is 1. The van der Waals surface area contributed by atoms with Gasteiger partial charge in [-0.2, -0.15) is 0 Å². The van der Waals surface area contributed by atoms with Gasteiger partial charge in [-0.25, -0.2) is 0 Å². The van der Waals surface area contributed by atoms with Crippen LogP contribution in [0.4, 0.5) is 0 Å². The van der Waals surface area contributed by atoms with Crippen LogP contribution < -0.4 is 0 Å². The third kappa shape index (κ3) is 3.34.